The van der Waals surface area contributed by atoms with Crippen molar-refractivity contribution in [2.75, 3.05) is 7.11 Å². The van der Waals surface area contributed by atoms with E-state index in [2.05, 4.69) is 0 Å². The zero-order valence-corrected chi connectivity index (χ0v) is 7.71. The molecule has 0 radical (unpaired) electrons. The number of phenols is 1. The van der Waals surface area contributed by atoms with Crippen LogP contribution in [0.4, 0.5) is 0 Å². The first-order valence-corrected chi connectivity index (χ1v) is 4.57. The smallest absolute Gasteiger partial charge is 0.214 e. The molecule has 1 aromatic rings. The van der Waals surface area contributed by atoms with Gasteiger partial charge in [-0.15, -0.1) is 0 Å². The van der Waals surface area contributed by atoms with E-state index in [4.69, 9.17) is 4.74 Å². The Hall–Kier alpha value is -1.49. The minimum absolute atomic E-state index is 0.0818. The van der Waals surface area contributed by atoms with Gasteiger partial charge >= 0.3 is 0 Å². The number of hydrogen-bond donors (Lipinski definition) is 1. The third-order valence-corrected chi connectivity index (χ3v) is 1.90. The molecular weight excluding hydrogens is 192 g/mol. The SMILES string of the molecule is COc1ccc(C=S(=O)=O)cc1O. The van der Waals surface area contributed by atoms with Gasteiger partial charge in [0.2, 0.25) is 10.3 Å². The van der Waals surface area contributed by atoms with Crippen LogP contribution in [-0.4, -0.2) is 26.0 Å². The van der Waals surface area contributed by atoms with Gasteiger partial charge in [0.05, 0.1) is 12.5 Å². The summed E-state index contributed by atoms with van der Waals surface area (Å²) in [7, 11) is -0.839. The van der Waals surface area contributed by atoms with E-state index in [9.17, 15) is 13.5 Å². The Kier molecular flexibility index (Phi) is 2.92. The summed E-state index contributed by atoms with van der Waals surface area (Å²) in [6.07, 6.45) is 0. The highest BCUT2D eigenvalue weighted by Gasteiger charge is 2.00. The van der Waals surface area contributed by atoms with Crippen LogP contribution in [0, 0.1) is 0 Å². The quantitative estimate of drug-likeness (QED) is 0.703. The van der Waals surface area contributed by atoms with Crippen molar-refractivity contribution >= 4 is 15.7 Å². The van der Waals surface area contributed by atoms with Crippen LogP contribution in [0.5, 0.6) is 11.5 Å². The molecule has 13 heavy (non-hydrogen) atoms. The fourth-order valence-corrected chi connectivity index (χ4v) is 1.26. The monoisotopic (exact) mass is 200 g/mol. The van der Waals surface area contributed by atoms with E-state index in [1.807, 2.05) is 0 Å². The first-order chi connectivity index (χ1) is 6.13. The predicted molar refractivity (Wildman–Crippen MR) is 48.7 cm³/mol. The Bertz CT molecular complexity index is 425. The number of phenolic OH excluding ortho intramolecular Hbond substituents is 1. The molecule has 0 bridgehead atoms. The van der Waals surface area contributed by atoms with Crippen molar-refractivity contribution in [1.29, 1.82) is 0 Å². The first kappa shape index (κ1) is 9.60. The Morgan fingerprint density at radius 1 is 1.46 bits per heavy atom. The first-order valence-electron chi connectivity index (χ1n) is 3.43. The third kappa shape index (κ3) is 2.48. The molecule has 0 saturated heterocycles. The summed E-state index contributed by atoms with van der Waals surface area (Å²) in [4.78, 5) is 0. The van der Waals surface area contributed by atoms with Gasteiger partial charge < -0.3 is 9.84 Å². The molecule has 0 atom stereocenters. The van der Waals surface area contributed by atoms with Crippen LogP contribution in [0.3, 0.4) is 0 Å². The Morgan fingerprint density at radius 2 is 2.15 bits per heavy atom. The summed E-state index contributed by atoms with van der Waals surface area (Å²) in [6, 6.07) is 4.34. The molecular formula is C8H8O4S. The summed E-state index contributed by atoms with van der Waals surface area (Å²) in [5, 5.41) is 10.3. The molecule has 0 unspecified atom stereocenters. The standard InChI is InChI=1S/C8H8O4S/c1-12-8-3-2-6(4-7(8)9)5-13(10)11/h2-5,9H,1H3. The molecule has 0 aliphatic heterocycles. The molecule has 1 aromatic carbocycles. The lowest BCUT2D eigenvalue weighted by Crippen LogP contribution is -1.86. The van der Waals surface area contributed by atoms with Gasteiger partial charge in [0.1, 0.15) is 0 Å². The third-order valence-electron chi connectivity index (χ3n) is 1.44. The van der Waals surface area contributed by atoms with Gasteiger partial charge in [-0.25, -0.2) is 0 Å². The lowest BCUT2D eigenvalue weighted by atomic mass is 10.2. The second kappa shape index (κ2) is 3.95. The van der Waals surface area contributed by atoms with E-state index < -0.39 is 10.3 Å². The lowest BCUT2D eigenvalue weighted by Gasteiger charge is -2.02. The highest BCUT2D eigenvalue weighted by molar-refractivity contribution is 7.71. The molecule has 4 nitrogen and oxygen atoms in total. The number of methoxy groups -OCH3 is 1. The van der Waals surface area contributed by atoms with Gasteiger partial charge in [-0.1, -0.05) is 6.07 Å². The van der Waals surface area contributed by atoms with Crippen molar-refractivity contribution < 1.29 is 18.3 Å². The van der Waals surface area contributed by atoms with E-state index in [1.165, 1.54) is 25.3 Å². The predicted octanol–water partition coefficient (Wildman–Crippen LogP) is 0.430. The topological polar surface area (TPSA) is 63.6 Å². The molecule has 0 fully saturated rings. The molecule has 0 amide bonds. The lowest BCUT2D eigenvalue weighted by molar-refractivity contribution is 0.373. The normalized spacial score (nSPS) is 9.31. The number of rotatable bonds is 2. The van der Waals surface area contributed by atoms with Crippen molar-refractivity contribution in [3.05, 3.63) is 23.8 Å². The fraction of sp³-hybridized carbons (Fsp3) is 0.125. The Morgan fingerprint density at radius 3 is 2.62 bits per heavy atom. The zero-order chi connectivity index (χ0) is 9.84. The molecule has 0 spiro atoms. The van der Waals surface area contributed by atoms with Crippen molar-refractivity contribution in [1.82, 2.24) is 0 Å². The van der Waals surface area contributed by atoms with E-state index in [0.717, 1.165) is 5.37 Å². The fourth-order valence-electron chi connectivity index (χ4n) is 0.891. The number of hydrogen-bond acceptors (Lipinski definition) is 4. The number of benzene rings is 1. The van der Waals surface area contributed by atoms with E-state index in [0.29, 0.717) is 11.3 Å². The zero-order valence-electron chi connectivity index (χ0n) is 6.89. The second-order valence-corrected chi connectivity index (χ2v) is 3.07. The number of aromatic hydroxyl groups is 1. The van der Waals surface area contributed by atoms with E-state index in [-0.39, 0.29) is 5.75 Å². The highest BCUT2D eigenvalue weighted by atomic mass is 32.2. The average molecular weight is 200 g/mol. The summed E-state index contributed by atoms with van der Waals surface area (Å²) < 4.78 is 25.3. The van der Waals surface area contributed by atoms with E-state index >= 15 is 0 Å². The van der Waals surface area contributed by atoms with Gasteiger partial charge in [-0.2, -0.15) is 8.42 Å². The average Bonchev–Trinajstić information content (AvgIpc) is 2.03. The van der Waals surface area contributed by atoms with Crippen molar-refractivity contribution in [3.8, 4) is 11.5 Å². The summed E-state index contributed by atoms with van der Waals surface area (Å²) in [5.74, 6) is 0.232. The molecule has 0 heterocycles. The van der Waals surface area contributed by atoms with Gasteiger partial charge in [0.15, 0.2) is 11.5 Å². The minimum atomic E-state index is -2.26. The van der Waals surface area contributed by atoms with Gasteiger partial charge in [-0.3, -0.25) is 0 Å². The maximum atomic E-state index is 10.3. The molecule has 0 aliphatic rings. The van der Waals surface area contributed by atoms with Crippen LogP contribution < -0.4 is 4.74 Å². The van der Waals surface area contributed by atoms with Gasteiger partial charge in [0.25, 0.3) is 0 Å². The maximum Gasteiger partial charge on any atom is 0.214 e. The molecule has 1 N–H and O–H groups in total. The molecule has 0 aromatic heterocycles. The molecule has 1 rings (SSSR count). The Balaban J connectivity index is 3.17. The van der Waals surface area contributed by atoms with Crippen LogP contribution in [0.25, 0.3) is 0 Å². The van der Waals surface area contributed by atoms with Crippen molar-refractivity contribution in [3.63, 3.8) is 0 Å². The summed E-state index contributed by atoms with van der Waals surface area (Å²) >= 11 is 0. The molecule has 0 aliphatic carbocycles. The molecule has 70 valence electrons. The second-order valence-electron chi connectivity index (χ2n) is 2.31. The summed E-state index contributed by atoms with van der Waals surface area (Å²) in [5.41, 5.74) is 0.409. The van der Waals surface area contributed by atoms with Crippen molar-refractivity contribution in [2.24, 2.45) is 0 Å². The van der Waals surface area contributed by atoms with Gasteiger partial charge in [-0.05, 0) is 17.7 Å². The maximum absolute atomic E-state index is 10.3. The number of ether oxygens (including phenoxy) is 1. The van der Waals surface area contributed by atoms with Gasteiger partial charge in [0, 0.05) is 0 Å². The largest absolute Gasteiger partial charge is 0.504 e. The van der Waals surface area contributed by atoms with Crippen LogP contribution in [-0.2, 0) is 10.3 Å². The van der Waals surface area contributed by atoms with Crippen LogP contribution >= 0.6 is 0 Å². The molecule has 5 heteroatoms. The van der Waals surface area contributed by atoms with Crippen molar-refractivity contribution in [2.45, 2.75) is 0 Å². The van der Waals surface area contributed by atoms with E-state index in [1.54, 1.807) is 0 Å². The highest BCUT2D eigenvalue weighted by Crippen LogP contribution is 2.25. The minimum Gasteiger partial charge on any atom is -0.504 e. The Labute approximate surface area is 76.9 Å². The summed E-state index contributed by atoms with van der Waals surface area (Å²) in [6.45, 7) is 0. The molecule has 0 saturated carbocycles. The van der Waals surface area contributed by atoms with Crippen LogP contribution in [0.2, 0.25) is 0 Å². The van der Waals surface area contributed by atoms with Crippen LogP contribution in [0.15, 0.2) is 18.2 Å². The van der Waals surface area contributed by atoms with Crippen LogP contribution in [0.1, 0.15) is 5.56 Å².